The second-order valence-electron chi connectivity index (χ2n) is 5.57. The molecule has 1 atom stereocenters. The minimum atomic E-state index is -0.542. The highest BCUT2D eigenvalue weighted by Crippen LogP contribution is 2.23. The van der Waals surface area contributed by atoms with Gasteiger partial charge < -0.3 is 9.64 Å². The van der Waals surface area contributed by atoms with Gasteiger partial charge in [-0.25, -0.2) is 0 Å². The maximum Gasteiger partial charge on any atom is 0.282 e. The number of hydrogen-bond donors (Lipinski definition) is 0. The Labute approximate surface area is 138 Å². The summed E-state index contributed by atoms with van der Waals surface area (Å²) in [6, 6.07) is 9.49. The molecule has 1 aliphatic rings. The molecule has 2 aromatic rings. The number of aryl methyl sites for hydroxylation is 1. The van der Waals surface area contributed by atoms with Crippen LogP contribution in [0.4, 0.5) is 5.69 Å². The van der Waals surface area contributed by atoms with Gasteiger partial charge in [0.05, 0.1) is 17.2 Å². The lowest BCUT2D eigenvalue weighted by molar-refractivity contribution is -0.385. The molecule has 0 bridgehead atoms. The van der Waals surface area contributed by atoms with E-state index in [0.29, 0.717) is 25.4 Å². The van der Waals surface area contributed by atoms with Crippen LogP contribution in [0.3, 0.4) is 0 Å². The van der Waals surface area contributed by atoms with Crippen molar-refractivity contribution in [2.24, 2.45) is 0 Å². The average Bonchev–Trinajstić information content (AvgIpc) is 3.05. The van der Waals surface area contributed by atoms with Gasteiger partial charge in [-0.05, 0) is 19.1 Å². The van der Waals surface area contributed by atoms with Gasteiger partial charge in [0.2, 0.25) is 5.88 Å². The van der Waals surface area contributed by atoms with Gasteiger partial charge in [-0.15, -0.1) is 5.10 Å². The van der Waals surface area contributed by atoms with E-state index in [4.69, 9.17) is 4.74 Å². The molecule has 2 heterocycles. The zero-order valence-electron chi connectivity index (χ0n) is 13.1. The van der Waals surface area contributed by atoms with Crippen LogP contribution in [0, 0.1) is 17.0 Å². The highest BCUT2D eigenvalue weighted by atomic mass is 16.6. The van der Waals surface area contributed by atoms with Crippen molar-refractivity contribution in [1.82, 2.24) is 15.1 Å². The van der Waals surface area contributed by atoms with Crippen LogP contribution in [-0.4, -0.2) is 45.1 Å². The van der Waals surface area contributed by atoms with Gasteiger partial charge in [-0.3, -0.25) is 14.9 Å². The molecule has 1 fully saturated rings. The minimum Gasteiger partial charge on any atom is -0.471 e. The van der Waals surface area contributed by atoms with E-state index < -0.39 is 4.92 Å². The lowest BCUT2D eigenvalue weighted by Crippen LogP contribution is -2.31. The summed E-state index contributed by atoms with van der Waals surface area (Å²) in [5.74, 6) is 0.0500. The number of benzene rings is 1. The fraction of sp³-hybridized carbons (Fsp3) is 0.312. The van der Waals surface area contributed by atoms with E-state index in [0.717, 1.165) is 5.69 Å². The van der Waals surface area contributed by atoms with Crippen molar-refractivity contribution < 1.29 is 14.5 Å². The van der Waals surface area contributed by atoms with E-state index in [-0.39, 0.29) is 23.3 Å². The third kappa shape index (κ3) is 3.32. The monoisotopic (exact) mass is 328 g/mol. The largest absolute Gasteiger partial charge is 0.471 e. The van der Waals surface area contributed by atoms with Crippen LogP contribution < -0.4 is 4.74 Å². The number of hydrogen-bond acceptors (Lipinski definition) is 6. The molecule has 1 aliphatic heterocycles. The standard InChI is InChI=1S/C16H16N4O4/c1-11-6-7-15(18-17-11)24-12-8-9-19(10-12)16(21)13-4-2-3-5-14(13)20(22)23/h2-7,12H,8-10H2,1H3. The molecule has 1 unspecified atom stereocenters. The number of carbonyl (C=O) groups is 1. The summed E-state index contributed by atoms with van der Waals surface area (Å²) in [6.07, 6.45) is 0.441. The minimum absolute atomic E-state index is 0.0956. The van der Waals surface area contributed by atoms with Crippen molar-refractivity contribution >= 4 is 11.6 Å². The number of aromatic nitrogens is 2. The first-order chi connectivity index (χ1) is 11.5. The van der Waals surface area contributed by atoms with Crippen LogP contribution >= 0.6 is 0 Å². The third-order valence-corrected chi connectivity index (χ3v) is 3.82. The Morgan fingerprint density at radius 3 is 2.79 bits per heavy atom. The van der Waals surface area contributed by atoms with Crippen molar-refractivity contribution in [1.29, 1.82) is 0 Å². The van der Waals surface area contributed by atoms with Crippen LogP contribution in [0.1, 0.15) is 22.5 Å². The molecule has 124 valence electrons. The second kappa shape index (κ2) is 6.61. The summed E-state index contributed by atoms with van der Waals surface area (Å²) < 4.78 is 5.72. The Morgan fingerprint density at radius 2 is 2.08 bits per heavy atom. The van der Waals surface area contributed by atoms with E-state index in [1.54, 1.807) is 29.2 Å². The summed E-state index contributed by atoms with van der Waals surface area (Å²) in [5.41, 5.74) is 0.705. The van der Waals surface area contributed by atoms with Crippen LogP contribution in [0.2, 0.25) is 0 Å². The first kappa shape index (κ1) is 15.9. The topological polar surface area (TPSA) is 98.5 Å². The molecule has 1 amide bonds. The lowest BCUT2D eigenvalue weighted by Gasteiger charge is -2.17. The van der Waals surface area contributed by atoms with Crippen molar-refractivity contribution in [3.8, 4) is 5.88 Å². The number of nitrogens with zero attached hydrogens (tertiary/aromatic N) is 4. The molecule has 24 heavy (non-hydrogen) atoms. The Balaban J connectivity index is 1.68. The predicted molar refractivity (Wildman–Crippen MR) is 84.8 cm³/mol. The van der Waals surface area contributed by atoms with Gasteiger partial charge in [0.25, 0.3) is 11.6 Å². The summed E-state index contributed by atoms with van der Waals surface area (Å²) in [7, 11) is 0. The van der Waals surface area contributed by atoms with Gasteiger partial charge in [-0.1, -0.05) is 12.1 Å². The average molecular weight is 328 g/mol. The number of nitro groups is 1. The molecule has 1 aromatic heterocycles. The van der Waals surface area contributed by atoms with Gasteiger partial charge in [-0.2, -0.15) is 5.10 Å². The van der Waals surface area contributed by atoms with Gasteiger partial charge in [0.1, 0.15) is 11.7 Å². The lowest BCUT2D eigenvalue weighted by atomic mass is 10.1. The number of likely N-dealkylation sites (tertiary alicyclic amines) is 1. The van der Waals surface area contributed by atoms with Crippen LogP contribution in [-0.2, 0) is 0 Å². The quantitative estimate of drug-likeness (QED) is 0.629. The maximum absolute atomic E-state index is 12.6. The van der Waals surface area contributed by atoms with Gasteiger partial charge in [0.15, 0.2) is 0 Å². The molecule has 1 saturated heterocycles. The first-order valence-corrected chi connectivity index (χ1v) is 7.54. The number of carbonyl (C=O) groups excluding carboxylic acids is 1. The SMILES string of the molecule is Cc1ccc(OC2CCN(C(=O)c3ccccc3[N+](=O)[O-])C2)nn1. The van der Waals surface area contributed by atoms with E-state index in [1.165, 1.54) is 12.1 Å². The van der Waals surface area contributed by atoms with E-state index in [9.17, 15) is 14.9 Å². The molecule has 0 radical (unpaired) electrons. The van der Waals surface area contributed by atoms with E-state index in [1.807, 2.05) is 6.92 Å². The van der Waals surface area contributed by atoms with Crippen LogP contribution in [0.25, 0.3) is 0 Å². The van der Waals surface area contributed by atoms with Gasteiger partial charge >= 0.3 is 0 Å². The van der Waals surface area contributed by atoms with Crippen LogP contribution in [0.5, 0.6) is 5.88 Å². The van der Waals surface area contributed by atoms with E-state index in [2.05, 4.69) is 10.2 Å². The fourth-order valence-electron chi connectivity index (χ4n) is 2.61. The van der Waals surface area contributed by atoms with Crippen molar-refractivity contribution in [2.45, 2.75) is 19.4 Å². The Kier molecular flexibility index (Phi) is 4.37. The zero-order valence-corrected chi connectivity index (χ0v) is 13.1. The molecule has 8 heteroatoms. The third-order valence-electron chi connectivity index (χ3n) is 3.82. The van der Waals surface area contributed by atoms with Crippen molar-refractivity contribution in [3.05, 3.63) is 57.8 Å². The Morgan fingerprint density at radius 1 is 1.29 bits per heavy atom. The molecule has 0 N–H and O–H groups in total. The van der Waals surface area contributed by atoms with Crippen LogP contribution in [0.15, 0.2) is 36.4 Å². The first-order valence-electron chi connectivity index (χ1n) is 7.54. The number of rotatable bonds is 4. The van der Waals surface area contributed by atoms with Crippen molar-refractivity contribution in [3.63, 3.8) is 0 Å². The summed E-state index contributed by atoms with van der Waals surface area (Å²) >= 11 is 0. The predicted octanol–water partition coefficient (Wildman–Crippen LogP) is 1.99. The molecule has 3 rings (SSSR count). The number of ether oxygens (including phenoxy) is 1. The van der Waals surface area contributed by atoms with Crippen molar-refractivity contribution in [2.75, 3.05) is 13.1 Å². The second-order valence-corrected chi connectivity index (χ2v) is 5.57. The molecule has 8 nitrogen and oxygen atoms in total. The smallest absolute Gasteiger partial charge is 0.282 e. The highest BCUT2D eigenvalue weighted by molar-refractivity contribution is 5.98. The molecule has 1 aromatic carbocycles. The molecule has 0 aliphatic carbocycles. The fourth-order valence-corrected chi connectivity index (χ4v) is 2.61. The number of nitro benzene ring substituents is 1. The summed E-state index contributed by atoms with van der Waals surface area (Å²) in [4.78, 5) is 24.6. The summed E-state index contributed by atoms with van der Waals surface area (Å²) in [5, 5.41) is 18.9. The normalized spacial score (nSPS) is 16.9. The molecule has 0 spiro atoms. The highest BCUT2D eigenvalue weighted by Gasteiger charge is 2.31. The Bertz CT molecular complexity index is 763. The van der Waals surface area contributed by atoms with Gasteiger partial charge in [0, 0.05) is 25.1 Å². The maximum atomic E-state index is 12.6. The molecular weight excluding hydrogens is 312 g/mol. The van der Waals surface area contributed by atoms with E-state index >= 15 is 0 Å². The summed E-state index contributed by atoms with van der Waals surface area (Å²) in [6.45, 7) is 2.68. The number of para-hydroxylation sites is 1. The molecular formula is C16H16N4O4. The zero-order chi connectivity index (χ0) is 17.1. The molecule has 0 saturated carbocycles. The Hall–Kier alpha value is -3.03. The number of amides is 1.